The van der Waals surface area contributed by atoms with Crippen molar-refractivity contribution in [2.75, 3.05) is 12.1 Å². The predicted molar refractivity (Wildman–Crippen MR) is 139 cm³/mol. The number of hydrazone groups is 1. The summed E-state index contributed by atoms with van der Waals surface area (Å²) in [5.74, 6) is 11.5. The molecule has 1 atom stereocenters. The largest absolute Gasteiger partial charge is 0.494 e. The number of amides is 1. The van der Waals surface area contributed by atoms with Crippen molar-refractivity contribution in [3.8, 4) is 5.75 Å². The van der Waals surface area contributed by atoms with Crippen LogP contribution in [0, 0.1) is 5.82 Å². The van der Waals surface area contributed by atoms with Crippen LogP contribution in [0.4, 0.5) is 10.1 Å². The topological polar surface area (TPSA) is 141 Å². The zero-order valence-corrected chi connectivity index (χ0v) is 20.8. The maximum atomic E-state index is 15.1. The first kappa shape index (κ1) is 23.9. The van der Waals surface area contributed by atoms with Gasteiger partial charge in [-0.1, -0.05) is 6.07 Å². The summed E-state index contributed by atoms with van der Waals surface area (Å²) in [6, 6.07) is 7.21. The molecule has 0 bridgehead atoms. The summed E-state index contributed by atoms with van der Waals surface area (Å²) in [5, 5.41) is 7.19. The van der Waals surface area contributed by atoms with Gasteiger partial charge in [-0.3, -0.25) is 9.80 Å². The van der Waals surface area contributed by atoms with Gasteiger partial charge in [0.1, 0.15) is 23.5 Å². The molecule has 1 aromatic carbocycles. The van der Waals surface area contributed by atoms with E-state index in [1.807, 2.05) is 4.57 Å². The van der Waals surface area contributed by atoms with Crippen molar-refractivity contribution in [1.29, 1.82) is 0 Å². The van der Waals surface area contributed by atoms with E-state index in [1.165, 1.54) is 31.6 Å². The van der Waals surface area contributed by atoms with E-state index in [9.17, 15) is 4.79 Å². The van der Waals surface area contributed by atoms with Gasteiger partial charge in [-0.05, 0) is 48.9 Å². The van der Waals surface area contributed by atoms with Crippen LogP contribution in [-0.4, -0.2) is 38.3 Å². The molecule has 1 aliphatic carbocycles. The number of hydrogen-bond acceptors (Lipinski definition) is 7. The van der Waals surface area contributed by atoms with Crippen LogP contribution in [0.2, 0.25) is 0 Å². The third kappa shape index (κ3) is 4.22. The molecule has 11 nitrogen and oxygen atoms in total. The Morgan fingerprint density at radius 2 is 2.08 bits per heavy atom. The number of hydrazine groups is 1. The van der Waals surface area contributed by atoms with Crippen LogP contribution in [0.5, 0.6) is 5.75 Å². The first-order chi connectivity index (χ1) is 18.5. The lowest BCUT2D eigenvalue weighted by Gasteiger charge is -2.19. The normalized spacial score (nSPS) is 16.8. The van der Waals surface area contributed by atoms with Crippen molar-refractivity contribution >= 4 is 23.6 Å². The Morgan fingerprint density at radius 3 is 2.84 bits per heavy atom. The van der Waals surface area contributed by atoms with Crippen LogP contribution in [-0.2, 0) is 13.0 Å². The first-order valence-electron chi connectivity index (χ1n) is 12.4. The highest BCUT2D eigenvalue weighted by atomic mass is 19.1. The Kier molecular flexibility index (Phi) is 5.95. The molecule has 1 aliphatic heterocycles. The molecule has 196 valence electrons. The molecule has 0 spiro atoms. The maximum absolute atomic E-state index is 15.1. The summed E-state index contributed by atoms with van der Waals surface area (Å²) in [6.07, 6.45) is 11.2. The molecule has 1 fully saturated rings. The third-order valence-corrected chi connectivity index (χ3v) is 7.20. The molecular weight excluding hydrogens is 489 g/mol. The molecule has 2 aliphatic rings. The number of aryl methyl sites for hydroxylation is 1. The van der Waals surface area contributed by atoms with E-state index in [0.717, 1.165) is 41.4 Å². The highest BCUT2D eigenvalue weighted by Crippen LogP contribution is 2.40. The number of pyridine rings is 1. The number of fused-ring (bicyclic) bond motifs is 2. The van der Waals surface area contributed by atoms with Crippen molar-refractivity contribution in [2.45, 2.75) is 44.2 Å². The maximum Gasteiger partial charge on any atom is 0.271 e. The SMILES string of the molecule is COc1ccc(N(N)/C=N\N)c(CNC(=O)c2cn3c(n2)CCC3c2cn3cc(C4CC4)ccc3n2)c1F. The molecule has 1 amide bonds. The molecule has 1 unspecified atom stereocenters. The second-order valence-electron chi connectivity index (χ2n) is 9.61. The molecule has 6 rings (SSSR count). The number of nitrogens with two attached hydrogens (primary N) is 2. The number of benzene rings is 1. The van der Waals surface area contributed by atoms with Crippen LogP contribution in [0.1, 0.15) is 64.4 Å². The Hall–Kier alpha value is -4.45. The monoisotopic (exact) mass is 517 g/mol. The first-order valence-corrected chi connectivity index (χ1v) is 12.4. The number of carbonyl (C=O) groups excluding carboxylic acids is 1. The average Bonchev–Trinajstić information content (AvgIpc) is 3.36. The highest BCUT2D eigenvalue weighted by Gasteiger charge is 2.30. The number of hydrogen-bond donors (Lipinski definition) is 3. The lowest BCUT2D eigenvalue weighted by Crippen LogP contribution is -2.32. The second-order valence-corrected chi connectivity index (χ2v) is 9.61. The molecule has 4 heterocycles. The fraction of sp³-hybridized carbons (Fsp3) is 0.308. The minimum atomic E-state index is -0.643. The van der Waals surface area contributed by atoms with E-state index in [-0.39, 0.29) is 35.3 Å². The molecule has 0 radical (unpaired) electrons. The van der Waals surface area contributed by atoms with E-state index in [4.69, 9.17) is 21.4 Å². The molecule has 0 saturated heterocycles. The van der Waals surface area contributed by atoms with Gasteiger partial charge in [0.25, 0.3) is 5.91 Å². The third-order valence-electron chi connectivity index (χ3n) is 7.20. The summed E-state index contributed by atoms with van der Waals surface area (Å²) in [5.41, 5.74) is 3.85. The second kappa shape index (κ2) is 9.45. The fourth-order valence-corrected chi connectivity index (χ4v) is 5.09. The van der Waals surface area contributed by atoms with Gasteiger partial charge in [0.05, 0.1) is 24.5 Å². The minimum Gasteiger partial charge on any atom is -0.494 e. The quantitative estimate of drug-likeness (QED) is 0.141. The van der Waals surface area contributed by atoms with Gasteiger partial charge in [0.15, 0.2) is 11.6 Å². The van der Waals surface area contributed by atoms with Gasteiger partial charge < -0.3 is 24.9 Å². The van der Waals surface area contributed by atoms with Crippen LogP contribution < -0.4 is 26.7 Å². The van der Waals surface area contributed by atoms with E-state index in [0.29, 0.717) is 5.92 Å². The lowest BCUT2D eigenvalue weighted by molar-refractivity contribution is 0.0945. The lowest BCUT2D eigenvalue weighted by atomic mass is 10.1. The summed E-state index contributed by atoms with van der Waals surface area (Å²) in [6.45, 7) is -0.148. The standard InChI is InChI=1S/C26H28FN9O2/c1-38-22-7-5-20(36(29)14-31-28)17(25(22)27)10-30-26(37)19-13-35-21(6-9-24(35)33-19)18-12-34-11-16(15-2-3-15)4-8-23(34)32-18/h4-5,7-8,11-15,21H,2-3,6,9-10,28-29H2,1H3,(H,30,37)/b31-14-. The van der Waals surface area contributed by atoms with Gasteiger partial charge in [0, 0.05) is 37.1 Å². The summed E-state index contributed by atoms with van der Waals surface area (Å²) in [7, 11) is 1.36. The Bertz CT molecular complexity index is 1560. The van der Waals surface area contributed by atoms with E-state index < -0.39 is 11.7 Å². The molecule has 38 heavy (non-hydrogen) atoms. The fourth-order valence-electron chi connectivity index (χ4n) is 5.09. The van der Waals surface area contributed by atoms with Crippen LogP contribution >= 0.6 is 0 Å². The van der Waals surface area contributed by atoms with Crippen molar-refractivity contribution in [2.24, 2.45) is 16.8 Å². The number of anilines is 1. The predicted octanol–water partition coefficient (Wildman–Crippen LogP) is 2.60. The molecule has 12 heteroatoms. The van der Waals surface area contributed by atoms with Gasteiger partial charge in [-0.25, -0.2) is 20.2 Å². The Morgan fingerprint density at radius 1 is 1.24 bits per heavy atom. The summed E-state index contributed by atoms with van der Waals surface area (Å²) in [4.78, 5) is 22.4. The number of nitrogens with one attached hydrogen (secondary N) is 1. The zero-order valence-electron chi connectivity index (χ0n) is 20.8. The molecular formula is C26H28FN9O2. The Labute approximate surface area is 217 Å². The number of imidazole rings is 2. The van der Waals surface area contributed by atoms with Crippen molar-refractivity contribution in [3.05, 3.63) is 77.0 Å². The van der Waals surface area contributed by atoms with Crippen molar-refractivity contribution < 1.29 is 13.9 Å². The number of methoxy groups -OCH3 is 1. The van der Waals surface area contributed by atoms with Gasteiger partial charge in [-0.15, -0.1) is 0 Å². The van der Waals surface area contributed by atoms with Gasteiger partial charge in [0.2, 0.25) is 0 Å². The van der Waals surface area contributed by atoms with Crippen molar-refractivity contribution in [3.63, 3.8) is 0 Å². The summed E-state index contributed by atoms with van der Waals surface area (Å²) >= 11 is 0. The van der Waals surface area contributed by atoms with Gasteiger partial charge >= 0.3 is 0 Å². The smallest absolute Gasteiger partial charge is 0.271 e. The molecule has 1 saturated carbocycles. The van der Waals surface area contributed by atoms with Crippen LogP contribution in [0.15, 0.2) is 48.0 Å². The zero-order chi connectivity index (χ0) is 26.4. The van der Waals surface area contributed by atoms with E-state index >= 15 is 4.39 Å². The highest BCUT2D eigenvalue weighted by molar-refractivity contribution is 5.92. The Balaban J connectivity index is 1.21. The van der Waals surface area contributed by atoms with Crippen LogP contribution in [0.3, 0.4) is 0 Å². The minimum absolute atomic E-state index is 0.00731. The number of ether oxygens (including phenoxy) is 1. The van der Waals surface area contributed by atoms with Crippen LogP contribution in [0.25, 0.3) is 5.65 Å². The number of carbonyl (C=O) groups is 1. The average molecular weight is 518 g/mol. The van der Waals surface area contributed by atoms with E-state index in [2.05, 4.69) is 44.3 Å². The molecule has 3 aromatic heterocycles. The van der Waals surface area contributed by atoms with Gasteiger partial charge in [-0.2, -0.15) is 5.10 Å². The van der Waals surface area contributed by atoms with E-state index in [1.54, 1.807) is 12.3 Å². The molecule has 5 N–H and O–H groups in total. The van der Waals surface area contributed by atoms with Crippen molar-refractivity contribution in [1.82, 2.24) is 24.3 Å². The molecule has 4 aromatic rings. The number of halogens is 1. The number of nitrogens with zero attached hydrogens (tertiary/aromatic N) is 6. The number of rotatable bonds is 8. The number of aromatic nitrogens is 4. The summed E-state index contributed by atoms with van der Waals surface area (Å²) < 4.78 is 24.2.